The Hall–Kier alpha value is -2.10. The predicted octanol–water partition coefficient (Wildman–Crippen LogP) is 3.36. The van der Waals surface area contributed by atoms with Gasteiger partial charge in [0.05, 0.1) is 5.69 Å². The van der Waals surface area contributed by atoms with Gasteiger partial charge in [0.2, 0.25) is 0 Å². The molecule has 1 amide bonds. The highest BCUT2D eigenvalue weighted by Crippen LogP contribution is 2.35. The molecule has 4 nitrogen and oxygen atoms in total. The van der Waals surface area contributed by atoms with Crippen LogP contribution in [0.1, 0.15) is 43.5 Å². The van der Waals surface area contributed by atoms with Gasteiger partial charge in [0, 0.05) is 12.6 Å². The number of likely N-dealkylation sites (N-methyl/N-ethyl adjacent to an activating group) is 1. The molecule has 0 aromatic heterocycles. The summed E-state index contributed by atoms with van der Waals surface area (Å²) in [6.07, 6.45) is 1.69. The standard InChI is InChI=1S/C17H21NO3/c1-5-7-14-17(20)18(4)13-9-8-12(10-15(13)21-14)16(19)11(3)6-2/h8-10,14H,3,5-7H2,1-2,4H3. The van der Waals surface area contributed by atoms with Gasteiger partial charge < -0.3 is 9.64 Å². The molecule has 1 heterocycles. The fourth-order valence-electron chi connectivity index (χ4n) is 2.37. The summed E-state index contributed by atoms with van der Waals surface area (Å²) in [7, 11) is 1.73. The minimum atomic E-state index is -0.466. The zero-order valence-electron chi connectivity index (χ0n) is 12.8. The number of allylic oxidation sites excluding steroid dienone is 1. The van der Waals surface area contributed by atoms with E-state index in [9.17, 15) is 9.59 Å². The molecule has 0 aliphatic carbocycles. The van der Waals surface area contributed by atoms with Crippen molar-refractivity contribution in [2.75, 3.05) is 11.9 Å². The number of ketones is 1. The summed E-state index contributed by atoms with van der Waals surface area (Å²) in [5.41, 5.74) is 1.82. The molecule has 1 aromatic carbocycles. The molecule has 0 N–H and O–H groups in total. The number of fused-ring (bicyclic) bond motifs is 1. The molecule has 1 aromatic rings. The third-order valence-electron chi connectivity index (χ3n) is 3.76. The van der Waals surface area contributed by atoms with Crippen molar-refractivity contribution < 1.29 is 14.3 Å². The van der Waals surface area contributed by atoms with Gasteiger partial charge in [-0.15, -0.1) is 0 Å². The van der Waals surface area contributed by atoms with Gasteiger partial charge in [-0.3, -0.25) is 9.59 Å². The minimum absolute atomic E-state index is 0.0404. The van der Waals surface area contributed by atoms with Crippen molar-refractivity contribution in [1.82, 2.24) is 0 Å². The van der Waals surface area contributed by atoms with E-state index in [0.717, 1.165) is 6.42 Å². The number of Topliss-reactive ketones (excluding diaryl/α,β-unsaturated/α-hetero) is 1. The highest BCUT2D eigenvalue weighted by molar-refractivity contribution is 6.09. The van der Waals surface area contributed by atoms with Crippen molar-refractivity contribution >= 4 is 17.4 Å². The Bertz CT molecular complexity index is 592. The van der Waals surface area contributed by atoms with Gasteiger partial charge in [0.25, 0.3) is 5.91 Å². The largest absolute Gasteiger partial charge is 0.478 e. The molecule has 1 unspecified atom stereocenters. The highest BCUT2D eigenvalue weighted by atomic mass is 16.5. The third kappa shape index (κ3) is 2.84. The number of nitrogens with zero attached hydrogens (tertiary/aromatic N) is 1. The number of carbonyl (C=O) groups is 2. The van der Waals surface area contributed by atoms with Gasteiger partial charge >= 0.3 is 0 Å². The Balaban J connectivity index is 2.36. The molecule has 4 heteroatoms. The minimum Gasteiger partial charge on any atom is -0.478 e. The molecule has 0 radical (unpaired) electrons. The van der Waals surface area contributed by atoms with Gasteiger partial charge in [-0.25, -0.2) is 0 Å². The van der Waals surface area contributed by atoms with E-state index >= 15 is 0 Å². The first-order valence-electron chi connectivity index (χ1n) is 7.30. The van der Waals surface area contributed by atoms with Gasteiger partial charge in [0.1, 0.15) is 5.75 Å². The van der Waals surface area contributed by atoms with Crippen LogP contribution in [0.15, 0.2) is 30.4 Å². The normalized spacial score (nSPS) is 17.2. The number of rotatable bonds is 5. The van der Waals surface area contributed by atoms with Crippen molar-refractivity contribution in [2.24, 2.45) is 0 Å². The Kier molecular flexibility index (Phi) is 4.46. The number of carbonyl (C=O) groups excluding carboxylic acids is 2. The zero-order valence-corrected chi connectivity index (χ0v) is 12.8. The molecule has 0 saturated carbocycles. The Morgan fingerprint density at radius 2 is 2.10 bits per heavy atom. The maximum Gasteiger partial charge on any atom is 0.267 e. The van der Waals surface area contributed by atoms with E-state index in [0.29, 0.717) is 35.4 Å². The molecule has 2 rings (SSSR count). The average molecular weight is 287 g/mol. The summed E-state index contributed by atoms with van der Waals surface area (Å²) in [6.45, 7) is 7.69. The first kappa shape index (κ1) is 15.3. The topological polar surface area (TPSA) is 46.6 Å². The van der Waals surface area contributed by atoms with Crippen molar-refractivity contribution in [3.05, 3.63) is 35.9 Å². The predicted molar refractivity (Wildman–Crippen MR) is 82.9 cm³/mol. The lowest BCUT2D eigenvalue weighted by Gasteiger charge is -2.32. The van der Waals surface area contributed by atoms with Crippen molar-refractivity contribution in [2.45, 2.75) is 39.2 Å². The van der Waals surface area contributed by atoms with E-state index in [2.05, 4.69) is 6.58 Å². The first-order chi connectivity index (χ1) is 9.99. The second kappa shape index (κ2) is 6.12. The molecule has 1 aliphatic heterocycles. The summed E-state index contributed by atoms with van der Waals surface area (Å²) >= 11 is 0. The van der Waals surface area contributed by atoms with Gasteiger partial charge in [-0.05, 0) is 36.6 Å². The number of hydrogen-bond acceptors (Lipinski definition) is 3. The number of amides is 1. The molecule has 0 fully saturated rings. The SMILES string of the molecule is C=C(CC)C(=O)c1ccc2c(c1)OC(CCC)C(=O)N2C. The van der Waals surface area contributed by atoms with E-state index in [-0.39, 0.29) is 11.7 Å². The molecule has 0 bridgehead atoms. The van der Waals surface area contributed by atoms with Crippen LogP contribution in [-0.2, 0) is 4.79 Å². The molecule has 1 atom stereocenters. The van der Waals surface area contributed by atoms with Crippen molar-refractivity contribution in [3.8, 4) is 5.75 Å². The summed E-state index contributed by atoms with van der Waals surface area (Å²) in [5.74, 6) is 0.474. The zero-order chi connectivity index (χ0) is 15.6. The molecule has 112 valence electrons. The second-order valence-electron chi connectivity index (χ2n) is 5.26. The van der Waals surface area contributed by atoms with Crippen LogP contribution in [0, 0.1) is 0 Å². The van der Waals surface area contributed by atoms with Crippen LogP contribution in [-0.4, -0.2) is 24.8 Å². The van der Waals surface area contributed by atoms with E-state index in [1.807, 2.05) is 13.8 Å². The maximum absolute atomic E-state index is 12.2. The van der Waals surface area contributed by atoms with E-state index in [1.165, 1.54) is 0 Å². The summed E-state index contributed by atoms with van der Waals surface area (Å²) in [5, 5.41) is 0. The van der Waals surface area contributed by atoms with Crippen LogP contribution >= 0.6 is 0 Å². The van der Waals surface area contributed by atoms with Crippen molar-refractivity contribution in [1.29, 1.82) is 0 Å². The van der Waals surface area contributed by atoms with Crippen LogP contribution in [0.2, 0.25) is 0 Å². The fourth-order valence-corrected chi connectivity index (χ4v) is 2.37. The summed E-state index contributed by atoms with van der Waals surface area (Å²) in [4.78, 5) is 25.9. The van der Waals surface area contributed by atoms with Crippen molar-refractivity contribution in [3.63, 3.8) is 0 Å². The van der Waals surface area contributed by atoms with Gasteiger partial charge in [-0.1, -0.05) is 26.8 Å². The third-order valence-corrected chi connectivity index (χ3v) is 3.76. The highest BCUT2D eigenvalue weighted by Gasteiger charge is 2.31. The smallest absolute Gasteiger partial charge is 0.267 e. The summed E-state index contributed by atoms with van der Waals surface area (Å²) < 4.78 is 5.79. The molecular formula is C17H21NO3. The van der Waals surface area contributed by atoms with Crippen LogP contribution in [0.4, 0.5) is 5.69 Å². The molecule has 1 aliphatic rings. The first-order valence-corrected chi connectivity index (χ1v) is 7.30. The quantitative estimate of drug-likeness (QED) is 0.616. The average Bonchev–Trinajstić information content (AvgIpc) is 2.50. The van der Waals surface area contributed by atoms with Gasteiger partial charge in [0.15, 0.2) is 11.9 Å². The number of ether oxygens (including phenoxy) is 1. The summed E-state index contributed by atoms with van der Waals surface area (Å²) in [6, 6.07) is 5.19. The van der Waals surface area contributed by atoms with Crippen LogP contribution in [0.3, 0.4) is 0 Å². The molecular weight excluding hydrogens is 266 g/mol. The van der Waals surface area contributed by atoms with E-state index < -0.39 is 6.10 Å². The van der Waals surface area contributed by atoms with E-state index in [4.69, 9.17) is 4.74 Å². The Morgan fingerprint density at radius 1 is 1.38 bits per heavy atom. The number of hydrogen-bond donors (Lipinski definition) is 0. The second-order valence-corrected chi connectivity index (χ2v) is 5.26. The lowest BCUT2D eigenvalue weighted by atomic mass is 10.0. The Morgan fingerprint density at radius 3 is 2.71 bits per heavy atom. The number of benzene rings is 1. The molecule has 0 saturated heterocycles. The Labute approximate surface area is 125 Å². The number of anilines is 1. The lowest BCUT2D eigenvalue weighted by Crippen LogP contribution is -2.43. The van der Waals surface area contributed by atoms with Crippen LogP contribution in [0.5, 0.6) is 5.75 Å². The van der Waals surface area contributed by atoms with Crippen LogP contribution < -0.4 is 9.64 Å². The monoisotopic (exact) mass is 287 g/mol. The molecule has 0 spiro atoms. The molecule has 21 heavy (non-hydrogen) atoms. The van der Waals surface area contributed by atoms with E-state index in [1.54, 1.807) is 30.1 Å². The lowest BCUT2D eigenvalue weighted by molar-refractivity contribution is -0.126. The van der Waals surface area contributed by atoms with Crippen LogP contribution in [0.25, 0.3) is 0 Å². The fraction of sp³-hybridized carbons (Fsp3) is 0.412. The maximum atomic E-state index is 12.2. The van der Waals surface area contributed by atoms with Gasteiger partial charge in [-0.2, -0.15) is 0 Å².